The van der Waals surface area contributed by atoms with E-state index in [1.165, 1.54) is 6.42 Å². The number of hydrogen-bond acceptors (Lipinski definition) is 4. The Labute approximate surface area is 174 Å². The van der Waals surface area contributed by atoms with Gasteiger partial charge in [-0.1, -0.05) is 39.8 Å². The summed E-state index contributed by atoms with van der Waals surface area (Å²) in [5, 5.41) is 12.5. The molecule has 5 atom stereocenters. The molecule has 5 nitrogen and oxygen atoms in total. The Hall–Kier alpha value is -1.59. The van der Waals surface area contributed by atoms with Crippen LogP contribution in [0.3, 0.4) is 0 Å². The predicted octanol–water partition coefficient (Wildman–Crippen LogP) is 3.71. The first kappa shape index (κ1) is 20.7. The van der Waals surface area contributed by atoms with Crippen molar-refractivity contribution in [2.75, 3.05) is 19.8 Å². The number of hydrogen-bond donors (Lipinski definition) is 2. The van der Waals surface area contributed by atoms with E-state index >= 15 is 0 Å². The first-order valence-electron chi connectivity index (χ1n) is 11.0. The maximum Gasteiger partial charge on any atom is 0.222 e. The number of rotatable bonds is 6. The number of aliphatic hydroxyl groups is 1. The molecule has 29 heavy (non-hydrogen) atoms. The normalized spacial score (nSPS) is 34.8. The average molecular weight is 402 g/mol. The van der Waals surface area contributed by atoms with Gasteiger partial charge in [0.1, 0.15) is 12.4 Å². The molecule has 1 aromatic rings. The fourth-order valence-corrected chi connectivity index (χ4v) is 6.37. The van der Waals surface area contributed by atoms with Gasteiger partial charge in [-0.2, -0.15) is 0 Å². The Balaban J connectivity index is 1.63. The van der Waals surface area contributed by atoms with Crippen LogP contribution >= 0.6 is 0 Å². The van der Waals surface area contributed by atoms with Crippen molar-refractivity contribution < 1.29 is 19.4 Å². The van der Waals surface area contributed by atoms with Crippen LogP contribution in [0.1, 0.15) is 58.6 Å². The lowest BCUT2D eigenvalue weighted by molar-refractivity contribution is -0.139. The minimum Gasteiger partial charge on any atom is -0.491 e. The van der Waals surface area contributed by atoms with Crippen molar-refractivity contribution in [1.29, 1.82) is 0 Å². The van der Waals surface area contributed by atoms with E-state index in [9.17, 15) is 4.79 Å². The molecule has 2 aliphatic carbocycles. The first-order chi connectivity index (χ1) is 13.8. The molecule has 1 aliphatic heterocycles. The second kappa shape index (κ2) is 7.59. The van der Waals surface area contributed by atoms with Crippen LogP contribution in [0.4, 0.5) is 0 Å². The molecule has 4 rings (SSSR count). The zero-order valence-electron chi connectivity index (χ0n) is 18.1. The number of carbonyl (C=O) groups is 1. The molecule has 0 aromatic heterocycles. The Morgan fingerprint density at radius 3 is 2.90 bits per heavy atom. The Bertz CT molecular complexity index is 761. The molecule has 1 amide bonds. The maximum absolute atomic E-state index is 12.7. The van der Waals surface area contributed by atoms with Crippen molar-refractivity contribution in [1.82, 2.24) is 5.32 Å². The van der Waals surface area contributed by atoms with Gasteiger partial charge < -0.3 is 19.9 Å². The van der Waals surface area contributed by atoms with E-state index in [1.807, 2.05) is 26.0 Å². The fourth-order valence-electron chi connectivity index (χ4n) is 6.37. The Morgan fingerprint density at radius 1 is 1.38 bits per heavy atom. The summed E-state index contributed by atoms with van der Waals surface area (Å²) in [5.41, 5.74) is 1.35. The largest absolute Gasteiger partial charge is 0.491 e. The van der Waals surface area contributed by atoms with Crippen molar-refractivity contribution in [2.24, 2.45) is 28.6 Å². The molecule has 0 unspecified atom stereocenters. The third kappa shape index (κ3) is 3.36. The van der Waals surface area contributed by atoms with Gasteiger partial charge in [0.15, 0.2) is 0 Å². The fraction of sp³-hybridized carbons (Fsp3) is 0.708. The lowest BCUT2D eigenvalue weighted by Gasteiger charge is -2.53. The monoisotopic (exact) mass is 401 g/mol. The van der Waals surface area contributed by atoms with E-state index in [0.717, 1.165) is 30.8 Å². The van der Waals surface area contributed by atoms with Gasteiger partial charge in [0.25, 0.3) is 0 Å². The van der Waals surface area contributed by atoms with Gasteiger partial charge in [0.2, 0.25) is 5.91 Å². The number of aliphatic hydroxyl groups excluding tert-OH is 1. The van der Waals surface area contributed by atoms with Crippen LogP contribution in [0, 0.1) is 28.6 Å². The zero-order chi connectivity index (χ0) is 20.8. The van der Waals surface area contributed by atoms with Crippen molar-refractivity contribution in [3.63, 3.8) is 0 Å². The summed E-state index contributed by atoms with van der Waals surface area (Å²) < 4.78 is 12.0. The van der Waals surface area contributed by atoms with E-state index in [0.29, 0.717) is 18.4 Å². The van der Waals surface area contributed by atoms with Gasteiger partial charge in [-0.25, -0.2) is 0 Å². The SMILES string of the molecule is CC(C)C(=O)N[C@@H]1C(C)(C)[C@@H]2C[C@@H]3[C@@H](c4cccc(OCCO)c4)OCC[C@@]31C2. The molecule has 160 valence electrons. The van der Waals surface area contributed by atoms with E-state index in [-0.39, 0.29) is 41.4 Å². The Morgan fingerprint density at radius 2 is 2.17 bits per heavy atom. The highest BCUT2D eigenvalue weighted by molar-refractivity contribution is 5.78. The first-order valence-corrected chi connectivity index (χ1v) is 11.0. The molecule has 3 fully saturated rings. The van der Waals surface area contributed by atoms with Crippen LogP contribution in [0.15, 0.2) is 24.3 Å². The summed E-state index contributed by atoms with van der Waals surface area (Å²) in [6.45, 7) is 9.62. The van der Waals surface area contributed by atoms with E-state index < -0.39 is 0 Å². The third-order valence-corrected chi connectivity index (χ3v) is 7.86. The topological polar surface area (TPSA) is 67.8 Å². The quantitative estimate of drug-likeness (QED) is 0.762. The van der Waals surface area contributed by atoms with Crippen molar-refractivity contribution in [2.45, 2.75) is 59.1 Å². The van der Waals surface area contributed by atoms with Gasteiger partial charge in [0, 0.05) is 18.6 Å². The predicted molar refractivity (Wildman–Crippen MR) is 112 cm³/mol. The molecular formula is C24H35NO4. The van der Waals surface area contributed by atoms with Crippen molar-refractivity contribution >= 4 is 5.91 Å². The molecule has 1 aromatic carbocycles. The van der Waals surface area contributed by atoms with Gasteiger partial charge in [-0.15, -0.1) is 0 Å². The molecule has 2 N–H and O–H groups in total. The smallest absolute Gasteiger partial charge is 0.222 e. The number of carbonyl (C=O) groups excluding carboxylic acids is 1. The number of nitrogens with one attached hydrogen (secondary N) is 1. The molecule has 3 aliphatic rings. The molecular weight excluding hydrogens is 366 g/mol. The summed E-state index contributed by atoms with van der Waals surface area (Å²) >= 11 is 0. The highest BCUT2D eigenvalue weighted by atomic mass is 16.5. The number of benzene rings is 1. The Kier molecular flexibility index (Phi) is 5.41. The molecule has 1 heterocycles. The summed E-state index contributed by atoms with van der Waals surface area (Å²) in [4.78, 5) is 12.7. The molecule has 0 radical (unpaired) electrons. The second-order valence-electron chi connectivity index (χ2n) is 10.1. The van der Waals surface area contributed by atoms with Crippen LogP contribution in [-0.2, 0) is 9.53 Å². The zero-order valence-corrected chi connectivity index (χ0v) is 18.1. The average Bonchev–Trinajstić information content (AvgIpc) is 3.18. The van der Waals surface area contributed by atoms with Gasteiger partial charge >= 0.3 is 0 Å². The number of ether oxygens (including phenoxy) is 2. The highest BCUT2D eigenvalue weighted by Crippen LogP contribution is 2.70. The lowest BCUT2D eigenvalue weighted by atomic mass is 9.58. The summed E-state index contributed by atoms with van der Waals surface area (Å²) in [6.07, 6.45) is 3.36. The van der Waals surface area contributed by atoms with Gasteiger partial charge in [-0.05, 0) is 59.6 Å². The summed E-state index contributed by atoms with van der Waals surface area (Å²) in [5.74, 6) is 1.93. The standard InChI is InChI=1S/C24H35NO4/c1-15(2)21(27)25-22-23(3,4)17-13-19-20(29-10-8-24(19,22)14-17)16-6-5-7-18(12-16)28-11-9-26/h5-7,12,15,17,19-20,22,26H,8-11,13-14H2,1-4H3,(H,25,27)/t17-,19-,20-,22-,24-/m1/s1. The van der Waals surface area contributed by atoms with Gasteiger partial charge in [0.05, 0.1) is 12.7 Å². The third-order valence-electron chi connectivity index (χ3n) is 7.86. The van der Waals surface area contributed by atoms with Crippen LogP contribution in [0.25, 0.3) is 0 Å². The van der Waals surface area contributed by atoms with Crippen molar-refractivity contribution in [3.05, 3.63) is 29.8 Å². The summed E-state index contributed by atoms with van der Waals surface area (Å²) in [7, 11) is 0. The van der Waals surface area contributed by atoms with Gasteiger partial charge in [-0.3, -0.25) is 4.79 Å². The number of fused-ring (bicyclic) bond motifs is 1. The lowest BCUT2D eigenvalue weighted by Crippen LogP contribution is -2.59. The molecule has 1 spiro atoms. The van der Waals surface area contributed by atoms with Crippen LogP contribution in [0.5, 0.6) is 5.75 Å². The minimum absolute atomic E-state index is 0.00385. The van der Waals surface area contributed by atoms with Crippen molar-refractivity contribution in [3.8, 4) is 5.75 Å². The maximum atomic E-state index is 12.7. The number of amides is 1. The van der Waals surface area contributed by atoms with E-state index in [4.69, 9.17) is 14.6 Å². The highest BCUT2D eigenvalue weighted by Gasteiger charge is 2.68. The van der Waals surface area contributed by atoms with Crippen LogP contribution in [0.2, 0.25) is 0 Å². The van der Waals surface area contributed by atoms with E-state index in [2.05, 4.69) is 31.3 Å². The minimum atomic E-state index is -0.00392. The van der Waals surface area contributed by atoms with Crippen LogP contribution in [-0.4, -0.2) is 36.9 Å². The molecule has 2 bridgehead atoms. The molecule has 5 heteroatoms. The molecule has 1 saturated heterocycles. The van der Waals surface area contributed by atoms with E-state index in [1.54, 1.807) is 0 Å². The second-order valence-corrected chi connectivity index (χ2v) is 10.1. The van der Waals surface area contributed by atoms with Crippen LogP contribution < -0.4 is 10.1 Å². The summed E-state index contributed by atoms with van der Waals surface area (Å²) in [6, 6.07) is 8.29. The molecule has 2 saturated carbocycles.